The van der Waals surface area contributed by atoms with Gasteiger partial charge in [0.1, 0.15) is 5.82 Å². The largest absolute Gasteiger partial charge is 0.356 e. The highest BCUT2D eigenvalue weighted by Gasteiger charge is 2.13. The van der Waals surface area contributed by atoms with Crippen LogP contribution in [0.1, 0.15) is 31.0 Å². The quantitative estimate of drug-likeness (QED) is 0.785. The topological polar surface area (TPSA) is 15.8 Å². The minimum absolute atomic E-state index is 0.200. The van der Waals surface area contributed by atoms with Crippen molar-refractivity contribution in [2.24, 2.45) is 0 Å². The molecule has 0 atom stereocenters. The Morgan fingerprint density at radius 3 is 2.60 bits per heavy atom. The number of fused-ring (bicyclic) bond motifs is 1. The van der Waals surface area contributed by atoms with Crippen LogP contribution < -0.4 is 0 Å². The summed E-state index contributed by atoms with van der Waals surface area (Å²) in [4.78, 5) is 3.16. The van der Waals surface area contributed by atoms with Crippen LogP contribution in [0.15, 0.2) is 16.6 Å². The number of rotatable bonds is 1. The van der Waals surface area contributed by atoms with E-state index in [1.165, 1.54) is 6.07 Å². The van der Waals surface area contributed by atoms with Crippen molar-refractivity contribution in [3.05, 3.63) is 33.7 Å². The molecule has 0 aliphatic carbocycles. The van der Waals surface area contributed by atoms with Crippen LogP contribution in [0, 0.1) is 12.7 Å². The molecule has 3 heteroatoms. The molecule has 15 heavy (non-hydrogen) atoms. The van der Waals surface area contributed by atoms with E-state index in [0.717, 1.165) is 21.1 Å². The third kappa shape index (κ3) is 1.69. The third-order valence-electron chi connectivity index (χ3n) is 2.70. The molecule has 1 N–H and O–H groups in total. The normalized spacial score (nSPS) is 11.6. The van der Waals surface area contributed by atoms with Crippen molar-refractivity contribution < 1.29 is 4.39 Å². The Morgan fingerprint density at radius 2 is 2.00 bits per heavy atom. The number of aryl methyl sites for hydroxylation is 1. The minimum atomic E-state index is -0.200. The molecule has 1 aromatic heterocycles. The summed E-state index contributed by atoms with van der Waals surface area (Å²) in [6.07, 6.45) is 0. The minimum Gasteiger partial charge on any atom is -0.356 e. The van der Waals surface area contributed by atoms with Gasteiger partial charge in [0, 0.05) is 15.6 Å². The highest BCUT2D eigenvalue weighted by molar-refractivity contribution is 9.10. The molecular formula is C12H13BrFN. The van der Waals surface area contributed by atoms with Gasteiger partial charge in [0.25, 0.3) is 0 Å². The number of aromatic nitrogens is 1. The molecule has 0 saturated carbocycles. The summed E-state index contributed by atoms with van der Waals surface area (Å²) < 4.78 is 14.4. The molecule has 0 fully saturated rings. The highest BCUT2D eigenvalue weighted by Crippen LogP contribution is 2.30. The van der Waals surface area contributed by atoms with Crippen LogP contribution in [0.3, 0.4) is 0 Å². The first kappa shape index (κ1) is 10.7. The van der Waals surface area contributed by atoms with E-state index in [1.54, 1.807) is 0 Å². The molecule has 0 unspecified atom stereocenters. The van der Waals surface area contributed by atoms with Gasteiger partial charge in [0.2, 0.25) is 0 Å². The Labute approximate surface area is 96.8 Å². The van der Waals surface area contributed by atoms with Crippen LogP contribution in [-0.2, 0) is 0 Å². The Morgan fingerprint density at radius 1 is 1.33 bits per heavy atom. The Bertz CT molecular complexity index is 514. The van der Waals surface area contributed by atoms with Crippen LogP contribution in [-0.4, -0.2) is 4.98 Å². The van der Waals surface area contributed by atoms with Crippen molar-refractivity contribution in [1.82, 2.24) is 4.98 Å². The monoisotopic (exact) mass is 269 g/mol. The standard InChI is InChI=1S/C12H13BrFN/c1-6(2)11-7(3)9-4-8(13)5-10(14)12(9)15-11/h4-6,15H,1-3H3. The lowest BCUT2D eigenvalue weighted by Crippen LogP contribution is -1.89. The first-order valence-electron chi connectivity index (χ1n) is 4.98. The zero-order chi connectivity index (χ0) is 11.2. The maximum absolute atomic E-state index is 13.6. The summed E-state index contributed by atoms with van der Waals surface area (Å²) in [7, 11) is 0. The van der Waals surface area contributed by atoms with E-state index < -0.39 is 0 Å². The van der Waals surface area contributed by atoms with Gasteiger partial charge in [0.05, 0.1) is 5.52 Å². The van der Waals surface area contributed by atoms with Gasteiger partial charge in [-0.2, -0.15) is 0 Å². The van der Waals surface area contributed by atoms with Crippen molar-refractivity contribution in [1.29, 1.82) is 0 Å². The molecular weight excluding hydrogens is 257 g/mol. The average Bonchev–Trinajstić information content (AvgIpc) is 2.44. The SMILES string of the molecule is Cc1c(C(C)C)[nH]c2c(F)cc(Br)cc12. The maximum Gasteiger partial charge on any atom is 0.148 e. The van der Waals surface area contributed by atoms with Crippen molar-refractivity contribution in [3.8, 4) is 0 Å². The van der Waals surface area contributed by atoms with Gasteiger partial charge >= 0.3 is 0 Å². The number of hydrogen-bond acceptors (Lipinski definition) is 0. The summed E-state index contributed by atoms with van der Waals surface area (Å²) in [5.74, 6) is 0.185. The Kier molecular flexibility index (Phi) is 2.59. The zero-order valence-corrected chi connectivity index (χ0v) is 10.6. The van der Waals surface area contributed by atoms with Crippen LogP contribution >= 0.6 is 15.9 Å². The van der Waals surface area contributed by atoms with Gasteiger partial charge in [-0.05, 0) is 30.5 Å². The van der Waals surface area contributed by atoms with Crippen molar-refractivity contribution in [2.75, 3.05) is 0 Å². The summed E-state index contributed by atoms with van der Waals surface area (Å²) in [5, 5.41) is 0.963. The number of hydrogen-bond donors (Lipinski definition) is 1. The number of H-pyrrole nitrogens is 1. The van der Waals surface area contributed by atoms with Crippen LogP contribution in [0.25, 0.3) is 10.9 Å². The summed E-state index contributed by atoms with van der Waals surface area (Å²) in [6, 6.07) is 3.44. The molecule has 1 heterocycles. The van der Waals surface area contributed by atoms with Gasteiger partial charge in [-0.15, -0.1) is 0 Å². The molecule has 80 valence electrons. The van der Waals surface area contributed by atoms with E-state index >= 15 is 0 Å². The predicted octanol–water partition coefficient (Wildman–Crippen LogP) is 4.50. The lowest BCUT2D eigenvalue weighted by Gasteiger charge is -2.02. The van der Waals surface area contributed by atoms with Gasteiger partial charge in [-0.25, -0.2) is 4.39 Å². The third-order valence-corrected chi connectivity index (χ3v) is 3.16. The number of benzene rings is 1. The molecule has 0 radical (unpaired) electrons. The molecule has 0 bridgehead atoms. The van der Waals surface area contributed by atoms with Gasteiger partial charge in [-0.1, -0.05) is 29.8 Å². The van der Waals surface area contributed by atoms with Crippen LogP contribution in [0.2, 0.25) is 0 Å². The second-order valence-electron chi connectivity index (χ2n) is 4.13. The van der Waals surface area contributed by atoms with Crippen molar-refractivity contribution in [3.63, 3.8) is 0 Å². The fourth-order valence-electron chi connectivity index (χ4n) is 1.95. The van der Waals surface area contributed by atoms with Crippen LogP contribution in [0.5, 0.6) is 0 Å². The maximum atomic E-state index is 13.6. The van der Waals surface area contributed by atoms with Crippen molar-refractivity contribution >= 4 is 26.8 Å². The fraction of sp³-hybridized carbons (Fsp3) is 0.333. The van der Waals surface area contributed by atoms with E-state index in [4.69, 9.17) is 0 Å². The molecule has 0 saturated heterocycles. The van der Waals surface area contributed by atoms with E-state index in [0.29, 0.717) is 11.4 Å². The Balaban J connectivity index is 2.82. The number of aromatic amines is 1. The van der Waals surface area contributed by atoms with Gasteiger partial charge in [0.15, 0.2) is 0 Å². The van der Waals surface area contributed by atoms with E-state index in [9.17, 15) is 4.39 Å². The molecule has 2 rings (SSSR count). The smallest absolute Gasteiger partial charge is 0.148 e. The summed E-state index contributed by atoms with van der Waals surface area (Å²) in [6.45, 7) is 6.23. The number of halogens is 2. The summed E-state index contributed by atoms with van der Waals surface area (Å²) in [5.41, 5.74) is 2.86. The first-order valence-corrected chi connectivity index (χ1v) is 5.77. The van der Waals surface area contributed by atoms with Gasteiger partial charge in [-0.3, -0.25) is 0 Å². The Hall–Kier alpha value is -0.830. The molecule has 0 aliphatic rings. The molecule has 2 aromatic rings. The van der Waals surface area contributed by atoms with Crippen LogP contribution in [0.4, 0.5) is 4.39 Å². The predicted molar refractivity (Wildman–Crippen MR) is 64.8 cm³/mol. The van der Waals surface area contributed by atoms with Crippen molar-refractivity contribution in [2.45, 2.75) is 26.7 Å². The zero-order valence-electron chi connectivity index (χ0n) is 8.99. The molecule has 0 spiro atoms. The summed E-state index contributed by atoms with van der Waals surface area (Å²) >= 11 is 3.31. The highest BCUT2D eigenvalue weighted by atomic mass is 79.9. The lowest BCUT2D eigenvalue weighted by molar-refractivity contribution is 0.636. The average molecular weight is 270 g/mol. The first-order chi connectivity index (χ1) is 7.00. The second-order valence-corrected chi connectivity index (χ2v) is 5.04. The van der Waals surface area contributed by atoms with E-state index in [2.05, 4.69) is 34.8 Å². The van der Waals surface area contributed by atoms with E-state index in [-0.39, 0.29) is 5.82 Å². The molecule has 0 aliphatic heterocycles. The lowest BCUT2D eigenvalue weighted by atomic mass is 10.1. The van der Waals surface area contributed by atoms with E-state index in [1.807, 2.05) is 13.0 Å². The molecule has 1 aromatic carbocycles. The number of nitrogens with one attached hydrogen (secondary N) is 1. The fourth-order valence-corrected chi connectivity index (χ4v) is 2.38. The molecule has 1 nitrogen and oxygen atoms in total. The van der Waals surface area contributed by atoms with Gasteiger partial charge < -0.3 is 4.98 Å². The second kappa shape index (κ2) is 3.63. The molecule has 0 amide bonds.